The maximum Gasteiger partial charge on any atom is 0.308 e. The van der Waals surface area contributed by atoms with Gasteiger partial charge in [0.25, 0.3) is 0 Å². The lowest BCUT2D eigenvalue weighted by atomic mass is 9.80. The summed E-state index contributed by atoms with van der Waals surface area (Å²) in [6.07, 6.45) is 0. The number of phenols is 2. The minimum absolute atomic E-state index is 0.194. The van der Waals surface area contributed by atoms with Gasteiger partial charge in [0.15, 0.2) is 5.78 Å². The molecule has 0 amide bonds. The van der Waals surface area contributed by atoms with E-state index in [2.05, 4.69) is 0 Å². The van der Waals surface area contributed by atoms with E-state index in [1.807, 2.05) is 0 Å². The number of phenolic OH excluding ortho intramolecular Hbond substituents is 2. The maximum absolute atomic E-state index is 13.7. The summed E-state index contributed by atoms with van der Waals surface area (Å²) in [5.74, 6) is -8.09. The SMILES string of the molecule is CC(=O)Oc1cc(OC(C)=O)c2c(c1)C(=O)c1c(c(O)c3c(OC(C)=O)cc(OC(C)=O)cc3c1O)C2=O. The van der Waals surface area contributed by atoms with Crippen molar-refractivity contribution in [2.24, 2.45) is 0 Å². The zero-order valence-corrected chi connectivity index (χ0v) is 20.3. The molecule has 4 rings (SSSR count). The van der Waals surface area contributed by atoms with Gasteiger partial charge in [-0.3, -0.25) is 28.8 Å². The normalized spacial score (nSPS) is 11.9. The molecule has 0 saturated carbocycles. The fourth-order valence-corrected chi connectivity index (χ4v) is 4.14. The molecule has 38 heavy (non-hydrogen) atoms. The molecule has 1 aliphatic rings. The summed E-state index contributed by atoms with van der Waals surface area (Å²) < 4.78 is 20.2. The monoisotopic (exact) mass is 522 g/mol. The van der Waals surface area contributed by atoms with E-state index in [1.165, 1.54) is 0 Å². The predicted octanol–water partition coefficient (Wildman–Crippen LogP) is 2.73. The van der Waals surface area contributed by atoms with Crippen molar-refractivity contribution >= 4 is 46.2 Å². The molecule has 0 bridgehead atoms. The van der Waals surface area contributed by atoms with Crippen molar-refractivity contribution in [3.8, 4) is 34.5 Å². The van der Waals surface area contributed by atoms with E-state index >= 15 is 0 Å². The molecule has 0 fully saturated rings. The molecule has 0 spiro atoms. The number of ketones is 2. The fourth-order valence-electron chi connectivity index (χ4n) is 4.14. The standard InChI is InChI=1S/C26H18O12/c1-9(27)35-13-5-15-19(17(7-13)37-11(3)29)25(33)22-21(23(15)31)24(32)16-6-14(36-10(2)28)8-18(38-12(4)30)20(16)26(22)34/h5-8,31,33H,1-4H3. The molecule has 194 valence electrons. The second-order valence-electron chi connectivity index (χ2n) is 8.17. The Kier molecular flexibility index (Phi) is 6.33. The van der Waals surface area contributed by atoms with Crippen LogP contribution in [-0.4, -0.2) is 45.7 Å². The van der Waals surface area contributed by atoms with Gasteiger partial charge >= 0.3 is 23.9 Å². The minimum atomic E-state index is -1.02. The molecule has 0 saturated heterocycles. The number of esters is 4. The van der Waals surface area contributed by atoms with E-state index in [4.69, 9.17) is 18.9 Å². The topological polar surface area (TPSA) is 180 Å². The summed E-state index contributed by atoms with van der Waals surface area (Å²) in [6.45, 7) is 4.28. The van der Waals surface area contributed by atoms with Crippen LogP contribution in [0.4, 0.5) is 0 Å². The Morgan fingerprint density at radius 2 is 1.05 bits per heavy atom. The number of rotatable bonds is 4. The van der Waals surface area contributed by atoms with Crippen LogP contribution in [0, 0.1) is 0 Å². The lowest BCUT2D eigenvalue weighted by Gasteiger charge is -2.24. The van der Waals surface area contributed by atoms with Crippen molar-refractivity contribution in [2.75, 3.05) is 0 Å². The van der Waals surface area contributed by atoms with Crippen molar-refractivity contribution in [1.82, 2.24) is 0 Å². The number of hydrogen-bond acceptors (Lipinski definition) is 12. The van der Waals surface area contributed by atoms with Gasteiger partial charge < -0.3 is 29.2 Å². The van der Waals surface area contributed by atoms with E-state index in [0.717, 1.165) is 52.0 Å². The Balaban J connectivity index is 2.09. The molecular weight excluding hydrogens is 504 g/mol. The highest BCUT2D eigenvalue weighted by atomic mass is 16.6. The highest BCUT2D eigenvalue weighted by molar-refractivity contribution is 6.33. The summed E-state index contributed by atoms with van der Waals surface area (Å²) in [5, 5.41) is 21.7. The zero-order valence-electron chi connectivity index (χ0n) is 20.3. The van der Waals surface area contributed by atoms with Crippen LogP contribution < -0.4 is 18.9 Å². The molecule has 0 radical (unpaired) electrons. The van der Waals surface area contributed by atoms with Gasteiger partial charge in [-0.05, 0) is 12.1 Å². The zero-order chi connectivity index (χ0) is 28.0. The Morgan fingerprint density at radius 3 is 1.61 bits per heavy atom. The van der Waals surface area contributed by atoms with Crippen molar-refractivity contribution in [3.05, 3.63) is 46.5 Å². The minimum Gasteiger partial charge on any atom is -0.506 e. The summed E-state index contributed by atoms with van der Waals surface area (Å²) in [7, 11) is 0. The Bertz CT molecular complexity index is 1630. The largest absolute Gasteiger partial charge is 0.506 e. The van der Waals surface area contributed by atoms with Gasteiger partial charge in [-0.2, -0.15) is 0 Å². The van der Waals surface area contributed by atoms with Crippen LogP contribution in [0.5, 0.6) is 34.5 Å². The van der Waals surface area contributed by atoms with Crippen LogP contribution in [0.2, 0.25) is 0 Å². The number of carbonyl (C=O) groups is 6. The summed E-state index contributed by atoms with van der Waals surface area (Å²) >= 11 is 0. The third kappa shape index (κ3) is 4.39. The van der Waals surface area contributed by atoms with E-state index in [-0.39, 0.29) is 33.6 Å². The molecule has 3 aromatic carbocycles. The first-order valence-corrected chi connectivity index (χ1v) is 10.9. The van der Waals surface area contributed by atoms with Crippen molar-refractivity contribution < 1.29 is 57.9 Å². The number of ether oxygens (including phenoxy) is 4. The first kappa shape index (κ1) is 25.8. The smallest absolute Gasteiger partial charge is 0.308 e. The summed E-state index contributed by atoms with van der Waals surface area (Å²) in [6, 6.07) is 4.28. The van der Waals surface area contributed by atoms with Crippen LogP contribution in [-0.2, 0) is 19.2 Å². The summed E-state index contributed by atoms with van der Waals surface area (Å²) in [4.78, 5) is 73.7. The Hall–Kier alpha value is -5.26. The molecule has 0 heterocycles. The molecule has 0 aliphatic heterocycles. The first-order valence-electron chi connectivity index (χ1n) is 10.9. The van der Waals surface area contributed by atoms with E-state index in [1.54, 1.807) is 0 Å². The second kappa shape index (κ2) is 9.32. The fraction of sp³-hybridized carbons (Fsp3) is 0.154. The molecule has 12 heteroatoms. The van der Waals surface area contributed by atoms with Crippen molar-refractivity contribution in [3.63, 3.8) is 0 Å². The number of hydrogen-bond donors (Lipinski definition) is 2. The van der Waals surface area contributed by atoms with Gasteiger partial charge in [-0.25, -0.2) is 0 Å². The van der Waals surface area contributed by atoms with Gasteiger partial charge in [0, 0.05) is 50.8 Å². The molecule has 0 aromatic heterocycles. The van der Waals surface area contributed by atoms with Crippen LogP contribution in [0.15, 0.2) is 24.3 Å². The molecule has 0 unspecified atom stereocenters. The Morgan fingerprint density at radius 1 is 0.579 bits per heavy atom. The highest BCUT2D eigenvalue weighted by Crippen LogP contribution is 2.50. The third-order valence-electron chi connectivity index (χ3n) is 5.32. The summed E-state index contributed by atoms with van der Waals surface area (Å²) in [5.41, 5.74) is -2.11. The third-order valence-corrected chi connectivity index (χ3v) is 5.32. The molecule has 2 N–H and O–H groups in total. The average molecular weight is 522 g/mol. The van der Waals surface area contributed by atoms with Crippen LogP contribution in [0.1, 0.15) is 59.5 Å². The number of fused-ring (bicyclic) bond motifs is 3. The van der Waals surface area contributed by atoms with Crippen molar-refractivity contribution in [2.45, 2.75) is 27.7 Å². The molecule has 1 aliphatic carbocycles. The van der Waals surface area contributed by atoms with Gasteiger partial charge in [0.2, 0.25) is 5.78 Å². The number of aromatic hydroxyl groups is 2. The van der Waals surface area contributed by atoms with Crippen molar-refractivity contribution in [1.29, 1.82) is 0 Å². The quantitative estimate of drug-likeness (QED) is 0.228. The van der Waals surface area contributed by atoms with Gasteiger partial charge in [0.05, 0.1) is 22.1 Å². The average Bonchev–Trinajstić information content (AvgIpc) is 2.77. The van der Waals surface area contributed by atoms with Crippen LogP contribution in [0.3, 0.4) is 0 Å². The highest BCUT2D eigenvalue weighted by Gasteiger charge is 2.40. The molecule has 0 atom stereocenters. The van der Waals surface area contributed by atoms with Crippen LogP contribution in [0.25, 0.3) is 10.8 Å². The molecular formula is C26H18O12. The lowest BCUT2D eigenvalue weighted by molar-refractivity contribution is -0.133. The molecule has 12 nitrogen and oxygen atoms in total. The van der Waals surface area contributed by atoms with E-state index in [9.17, 15) is 39.0 Å². The maximum atomic E-state index is 13.7. The van der Waals surface area contributed by atoms with E-state index < -0.39 is 69.4 Å². The second-order valence-corrected chi connectivity index (χ2v) is 8.17. The lowest BCUT2D eigenvalue weighted by Crippen LogP contribution is -2.23. The number of carbonyl (C=O) groups excluding carboxylic acids is 6. The van der Waals surface area contributed by atoms with E-state index in [0.29, 0.717) is 0 Å². The van der Waals surface area contributed by atoms with Gasteiger partial charge in [-0.1, -0.05) is 0 Å². The Labute approximate surface area is 213 Å². The predicted molar refractivity (Wildman–Crippen MR) is 126 cm³/mol. The van der Waals surface area contributed by atoms with Crippen LogP contribution >= 0.6 is 0 Å². The first-order chi connectivity index (χ1) is 17.8. The van der Waals surface area contributed by atoms with Gasteiger partial charge in [0.1, 0.15) is 34.5 Å². The number of benzene rings is 3. The van der Waals surface area contributed by atoms with Gasteiger partial charge in [-0.15, -0.1) is 0 Å². The molecule has 3 aromatic rings.